The third-order valence-corrected chi connectivity index (χ3v) is 5.73. The zero-order valence-electron chi connectivity index (χ0n) is 18.9. The second kappa shape index (κ2) is 12.8. The minimum atomic E-state index is -0.146. The van der Waals surface area contributed by atoms with Crippen molar-refractivity contribution >= 4 is 11.9 Å². The minimum Gasteiger partial charge on any atom is -0.467 e. The van der Waals surface area contributed by atoms with Gasteiger partial charge in [0.2, 0.25) is 0 Å². The Balaban J connectivity index is 2.00. The first-order valence-corrected chi connectivity index (χ1v) is 11.1. The molecule has 0 spiro atoms. The van der Waals surface area contributed by atoms with Crippen LogP contribution >= 0.6 is 0 Å². The topological polar surface area (TPSA) is 98.9 Å². The number of benzene rings is 1. The second-order valence-electron chi connectivity index (χ2n) is 7.69. The van der Waals surface area contributed by atoms with Crippen molar-refractivity contribution in [1.29, 1.82) is 0 Å². The van der Waals surface area contributed by atoms with Gasteiger partial charge in [0, 0.05) is 25.3 Å². The summed E-state index contributed by atoms with van der Waals surface area (Å²) in [6.07, 6.45) is 4.34. The quantitative estimate of drug-likeness (QED) is 0.307. The highest BCUT2D eigenvalue weighted by Gasteiger charge is 2.25. The summed E-state index contributed by atoms with van der Waals surface area (Å²) < 4.78 is 5.25. The van der Waals surface area contributed by atoms with Gasteiger partial charge in [-0.2, -0.15) is 0 Å². The first-order valence-electron chi connectivity index (χ1n) is 11.1. The fraction of sp³-hybridized carbons (Fsp3) is 0.500. The van der Waals surface area contributed by atoms with Crippen molar-refractivity contribution in [2.75, 3.05) is 19.7 Å². The summed E-state index contributed by atoms with van der Waals surface area (Å²) in [7, 11) is 0. The fourth-order valence-electron chi connectivity index (χ4n) is 3.46. The van der Waals surface area contributed by atoms with Gasteiger partial charge < -0.3 is 25.5 Å². The number of aliphatic imine (C=N–C) groups is 1. The lowest BCUT2D eigenvalue weighted by Gasteiger charge is -2.32. The molecule has 31 heavy (non-hydrogen) atoms. The van der Waals surface area contributed by atoms with Crippen molar-refractivity contribution in [3.63, 3.8) is 0 Å². The summed E-state index contributed by atoms with van der Waals surface area (Å²) >= 11 is 0. The summed E-state index contributed by atoms with van der Waals surface area (Å²) in [5, 5.41) is 19.0. The molecular formula is C24H36N4O3. The Bertz CT molecular complexity index is 814. The maximum Gasteiger partial charge on any atom is 0.251 e. The molecular weight excluding hydrogens is 392 g/mol. The van der Waals surface area contributed by atoms with Gasteiger partial charge in [0.05, 0.1) is 19.4 Å². The van der Waals surface area contributed by atoms with Crippen molar-refractivity contribution in [3.05, 3.63) is 59.5 Å². The van der Waals surface area contributed by atoms with E-state index in [2.05, 4.69) is 34.8 Å². The first kappa shape index (κ1) is 24.5. The average Bonchev–Trinajstić information content (AvgIpc) is 3.32. The van der Waals surface area contributed by atoms with Crippen LogP contribution in [0.15, 0.2) is 52.1 Å². The number of aliphatic hydroxyl groups excluding tert-OH is 1. The van der Waals surface area contributed by atoms with Crippen molar-refractivity contribution in [1.82, 2.24) is 16.0 Å². The Labute approximate surface area is 185 Å². The van der Waals surface area contributed by atoms with E-state index in [-0.39, 0.29) is 17.9 Å². The Hall–Kier alpha value is -2.80. The molecule has 7 nitrogen and oxygen atoms in total. The van der Waals surface area contributed by atoms with Crippen molar-refractivity contribution < 1.29 is 14.3 Å². The monoisotopic (exact) mass is 428 g/mol. The molecule has 0 aliphatic heterocycles. The lowest BCUT2D eigenvalue weighted by molar-refractivity contribution is 0.0948. The van der Waals surface area contributed by atoms with Crippen LogP contribution in [0.3, 0.4) is 0 Å². The number of rotatable bonds is 12. The molecule has 1 aromatic carbocycles. The van der Waals surface area contributed by atoms with E-state index in [1.54, 1.807) is 18.4 Å². The number of aliphatic hydroxyl groups is 1. The van der Waals surface area contributed by atoms with Crippen LogP contribution < -0.4 is 16.0 Å². The van der Waals surface area contributed by atoms with Gasteiger partial charge in [-0.15, -0.1) is 0 Å². The summed E-state index contributed by atoms with van der Waals surface area (Å²) in [5.41, 5.74) is 1.60. The van der Waals surface area contributed by atoms with E-state index in [4.69, 9.17) is 4.42 Å². The van der Waals surface area contributed by atoms with Crippen LogP contribution in [0.25, 0.3) is 0 Å². The standard InChI is InChI=1S/C24H36N4O3/c1-4-24(5-2,12-13-29)18-28-23(25-6-3)27-16-19-9-7-10-20(15-19)22(30)26-17-21-11-8-14-31-21/h7-11,14-15,29H,4-6,12-13,16-18H2,1-3H3,(H,26,30)(H2,25,27,28). The highest BCUT2D eigenvalue weighted by molar-refractivity contribution is 5.94. The minimum absolute atomic E-state index is 0.0525. The number of furan rings is 1. The zero-order chi connectivity index (χ0) is 22.5. The average molecular weight is 429 g/mol. The molecule has 0 saturated heterocycles. The number of hydrogen-bond donors (Lipinski definition) is 4. The summed E-state index contributed by atoms with van der Waals surface area (Å²) in [6, 6.07) is 11.1. The molecule has 1 aromatic heterocycles. The molecule has 0 unspecified atom stereocenters. The van der Waals surface area contributed by atoms with Crippen LogP contribution in [0, 0.1) is 5.41 Å². The lowest BCUT2D eigenvalue weighted by atomic mass is 9.79. The maximum absolute atomic E-state index is 12.4. The van der Waals surface area contributed by atoms with Crippen LogP contribution in [-0.2, 0) is 13.1 Å². The van der Waals surface area contributed by atoms with Crippen LogP contribution in [0.4, 0.5) is 0 Å². The molecule has 0 saturated carbocycles. The highest BCUT2D eigenvalue weighted by atomic mass is 16.3. The van der Waals surface area contributed by atoms with Gasteiger partial charge in [-0.1, -0.05) is 26.0 Å². The Morgan fingerprint density at radius 2 is 1.90 bits per heavy atom. The van der Waals surface area contributed by atoms with Gasteiger partial charge in [0.15, 0.2) is 5.96 Å². The Morgan fingerprint density at radius 1 is 1.10 bits per heavy atom. The number of guanidine groups is 1. The number of carbonyl (C=O) groups excluding carboxylic acids is 1. The van der Waals surface area contributed by atoms with Gasteiger partial charge in [0.25, 0.3) is 5.91 Å². The molecule has 170 valence electrons. The second-order valence-corrected chi connectivity index (χ2v) is 7.69. The Kier molecular flexibility index (Phi) is 10.1. The maximum atomic E-state index is 12.4. The molecule has 0 aliphatic carbocycles. The molecule has 0 fully saturated rings. The van der Waals surface area contributed by atoms with Gasteiger partial charge >= 0.3 is 0 Å². The normalized spacial score (nSPS) is 11.9. The van der Waals surface area contributed by atoms with E-state index in [0.717, 1.165) is 43.9 Å². The third kappa shape index (κ3) is 7.75. The van der Waals surface area contributed by atoms with Crippen molar-refractivity contribution in [2.45, 2.75) is 53.1 Å². The van der Waals surface area contributed by atoms with E-state index < -0.39 is 0 Å². The largest absolute Gasteiger partial charge is 0.467 e. The summed E-state index contributed by atoms with van der Waals surface area (Å²) in [6.45, 7) is 8.86. The van der Waals surface area contributed by atoms with Crippen LogP contribution in [0.5, 0.6) is 0 Å². The molecule has 1 amide bonds. The molecule has 0 bridgehead atoms. The van der Waals surface area contributed by atoms with E-state index in [1.807, 2.05) is 31.2 Å². The molecule has 2 aromatic rings. The van der Waals surface area contributed by atoms with E-state index in [9.17, 15) is 9.90 Å². The molecule has 2 rings (SSSR count). The van der Waals surface area contributed by atoms with Crippen molar-refractivity contribution in [3.8, 4) is 0 Å². The SMILES string of the molecule is CCNC(=NCc1cccc(C(=O)NCc2ccco2)c1)NCC(CC)(CC)CCO. The smallest absolute Gasteiger partial charge is 0.251 e. The molecule has 1 heterocycles. The molecule has 4 N–H and O–H groups in total. The number of amides is 1. The lowest BCUT2D eigenvalue weighted by Crippen LogP contribution is -2.43. The van der Waals surface area contributed by atoms with E-state index in [0.29, 0.717) is 24.4 Å². The van der Waals surface area contributed by atoms with E-state index >= 15 is 0 Å². The van der Waals surface area contributed by atoms with Gasteiger partial charge in [-0.25, -0.2) is 4.99 Å². The van der Waals surface area contributed by atoms with Gasteiger partial charge in [-0.3, -0.25) is 4.79 Å². The summed E-state index contributed by atoms with van der Waals surface area (Å²) in [4.78, 5) is 17.1. The van der Waals surface area contributed by atoms with Gasteiger partial charge in [0.1, 0.15) is 5.76 Å². The number of carbonyl (C=O) groups is 1. The number of nitrogens with one attached hydrogen (secondary N) is 3. The molecule has 0 radical (unpaired) electrons. The van der Waals surface area contributed by atoms with Crippen LogP contribution in [-0.4, -0.2) is 36.7 Å². The Morgan fingerprint density at radius 3 is 2.55 bits per heavy atom. The predicted octanol–water partition coefficient (Wildman–Crippen LogP) is 3.45. The van der Waals surface area contributed by atoms with Crippen LogP contribution in [0.2, 0.25) is 0 Å². The highest BCUT2D eigenvalue weighted by Crippen LogP contribution is 2.29. The molecule has 0 atom stereocenters. The first-order chi connectivity index (χ1) is 15.1. The number of nitrogens with zero attached hydrogens (tertiary/aromatic N) is 1. The van der Waals surface area contributed by atoms with E-state index in [1.165, 1.54) is 0 Å². The molecule has 7 heteroatoms. The molecule has 0 aliphatic rings. The summed E-state index contributed by atoms with van der Waals surface area (Å²) in [5.74, 6) is 1.30. The number of hydrogen-bond acceptors (Lipinski definition) is 4. The van der Waals surface area contributed by atoms with Gasteiger partial charge in [-0.05, 0) is 61.4 Å². The third-order valence-electron chi connectivity index (χ3n) is 5.73. The van der Waals surface area contributed by atoms with Crippen LogP contribution in [0.1, 0.15) is 61.7 Å². The zero-order valence-corrected chi connectivity index (χ0v) is 18.9. The predicted molar refractivity (Wildman–Crippen MR) is 124 cm³/mol. The van der Waals surface area contributed by atoms with Crippen molar-refractivity contribution in [2.24, 2.45) is 10.4 Å². The fourth-order valence-corrected chi connectivity index (χ4v) is 3.46.